The molecule has 4 nitrogen and oxygen atoms in total. The average Bonchev–Trinajstić information content (AvgIpc) is 2.38. The normalized spacial score (nSPS) is 11.8. The summed E-state index contributed by atoms with van der Waals surface area (Å²) in [5.74, 6) is 0.756. The molecular weight excluding hydrogens is 260 g/mol. The van der Waals surface area contributed by atoms with Crippen LogP contribution in [0.2, 0.25) is 0 Å². The van der Waals surface area contributed by atoms with Crippen LogP contribution in [0.1, 0.15) is 33.1 Å². The SMILES string of the molecule is CNS(=O)(=O)c1ccc(NCCCCC(C)C)cc1. The van der Waals surface area contributed by atoms with Crippen molar-refractivity contribution in [3.63, 3.8) is 0 Å². The summed E-state index contributed by atoms with van der Waals surface area (Å²) in [6, 6.07) is 6.82. The largest absolute Gasteiger partial charge is 0.385 e. The Morgan fingerprint density at radius 1 is 1.11 bits per heavy atom. The predicted octanol–water partition coefficient (Wildman–Crippen LogP) is 2.83. The second kappa shape index (κ2) is 7.50. The first-order chi connectivity index (χ1) is 8.95. The zero-order valence-electron chi connectivity index (χ0n) is 11.9. The minimum Gasteiger partial charge on any atom is -0.385 e. The standard InChI is InChI=1S/C14H24N2O2S/c1-12(2)6-4-5-11-16-13-7-9-14(10-8-13)19(17,18)15-3/h7-10,12,15-16H,4-6,11H2,1-3H3. The number of anilines is 1. The first-order valence-corrected chi connectivity index (χ1v) is 8.21. The highest BCUT2D eigenvalue weighted by Gasteiger charge is 2.09. The molecule has 0 fully saturated rings. The molecule has 19 heavy (non-hydrogen) atoms. The van der Waals surface area contributed by atoms with Crippen molar-refractivity contribution in [1.29, 1.82) is 0 Å². The molecule has 0 saturated carbocycles. The van der Waals surface area contributed by atoms with Crippen LogP contribution in [0.15, 0.2) is 29.2 Å². The lowest BCUT2D eigenvalue weighted by atomic mass is 10.1. The van der Waals surface area contributed by atoms with E-state index in [-0.39, 0.29) is 0 Å². The Labute approximate surface area is 116 Å². The molecule has 1 aromatic carbocycles. The van der Waals surface area contributed by atoms with Gasteiger partial charge in [-0.1, -0.05) is 26.7 Å². The molecule has 0 spiro atoms. The molecule has 0 amide bonds. The zero-order chi connectivity index (χ0) is 14.3. The van der Waals surface area contributed by atoms with E-state index in [4.69, 9.17) is 0 Å². The number of sulfonamides is 1. The van der Waals surface area contributed by atoms with Crippen LogP contribution in [0.5, 0.6) is 0 Å². The fourth-order valence-electron chi connectivity index (χ4n) is 1.78. The molecule has 1 rings (SSSR count). The Hall–Kier alpha value is -1.07. The molecule has 0 aliphatic carbocycles. The Kier molecular flexibility index (Phi) is 6.31. The maximum atomic E-state index is 11.5. The van der Waals surface area contributed by atoms with E-state index in [2.05, 4.69) is 23.9 Å². The van der Waals surface area contributed by atoms with Crippen LogP contribution in [0.25, 0.3) is 0 Å². The molecule has 0 bridgehead atoms. The van der Waals surface area contributed by atoms with Crippen molar-refractivity contribution >= 4 is 15.7 Å². The maximum Gasteiger partial charge on any atom is 0.240 e. The fourth-order valence-corrected chi connectivity index (χ4v) is 2.51. The van der Waals surface area contributed by atoms with Crippen LogP contribution in [-0.2, 0) is 10.0 Å². The van der Waals surface area contributed by atoms with Gasteiger partial charge in [0.05, 0.1) is 4.90 Å². The van der Waals surface area contributed by atoms with Crippen LogP contribution >= 0.6 is 0 Å². The van der Waals surface area contributed by atoms with Crippen molar-refractivity contribution in [2.75, 3.05) is 18.9 Å². The van der Waals surface area contributed by atoms with Crippen LogP contribution in [0.4, 0.5) is 5.69 Å². The van der Waals surface area contributed by atoms with Crippen molar-refractivity contribution in [1.82, 2.24) is 4.72 Å². The van der Waals surface area contributed by atoms with Crippen LogP contribution in [-0.4, -0.2) is 22.0 Å². The third-order valence-electron chi connectivity index (χ3n) is 2.97. The van der Waals surface area contributed by atoms with Gasteiger partial charge in [-0.05, 0) is 43.7 Å². The van der Waals surface area contributed by atoms with Crippen LogP contribution < -0.4 is 10.0 Å². The second-order valence-electron chi connectivity index (χ2n) is 5.05. The molecule has 0 heterocycles. The zero-order valence-corrected chi connectivity index (χ0v) is 12.8. The van der Waals surface area contributed by atoms with Gasteiger partial charge < -0.3 is 5.32 Å². The lowest BCUT2D eigenvalue weighted by Crippen LogP contribution is -2.18. The first kappa shape index (κ1) is 16.0. The molecule has 0 atom stereocenters. The van der Waals surface area contributed by atoms with Crippen molar-refractivity contribution < 1.29 is 8.42 Å². The average molecular weight is 284 g/mol. The van der Waals surface area contributed by atoms with E-state index >= 15 is 0 Å². The number of rotatable bonds is 8. The van der Waals surface area contributed by atoms with Crippen molar-refractivity contribution in [2.24, 2.45) is 5.92 Å². The molecule has 0 unspecified atom stereocenters. The van der Waals surface area contributed by atoms with E-state index in [1.54, 1.807) is 24.3 Å². The Morgan fingerprint density at radius 3 is 2.26 bits per heavy atom. The lowest BCUT2D eigenvalue weighted by Gasteiger charge is -2.08. The molecule has 5 heteroatoms. The third kappa shape index (κ3) is 5.61. The number of hydrogen-bond donors (Lipinski definition) is 2. The van der Waals surface area contributed by atoms with Gasteiger partial charge in [-0.3, -0.25) is 0 Å². The molecular formula is C14H24N2O2S. The van der Waals surface area contributed by atoms with E-state index in [0.29, 0.717) is 4.90 Å². The number of benzene rings is 1. The van der Waals surface area contributed by atoms with Crippen LogP contribution in [0, 0.1) is 5.92 Å². The summed E-state index contributed by atoms with van der Waals surface area (Å²) in [5.41, 5.74) is 0.958. The van der Waals surface area contributed by atoms with Gasteiger partial charge in [-0.2, -0.15) is 0 Å². The quantitative estimate of drug-likeness (QED) is 0.722. The molecule has 0 radical (unpaired) electrons. The summed E-state index contributed by atoms with van der Waals surface area (Å²) in [6.07, 6.45) is 3.60. The smallest absolute Gasteiger partial charge is 0.240 e. The Bertz CT molecular complexity index is 467. The van der Waals surface area contributed by atoms with Gasteiger partial charge in [0, 0.05) is 12.2 Å². The second-order valence-corrected chi connectivity index (χ2v) is 6.93. The highest BCUT2D eigenvalue weighted by atomic mass is 32.2. The maximum absolute atomic E-state index is 11.5. The Balaban J connectivity index is 2.41. The van der Waals surface area contributed by atoms with Gasteiger partial charge in [0.2, 0.25) is 10.0 Å². The van der Waals surface area contributed by atoms with Crippen LogP contribution in [0.3, 0.4) is 0 Å². The number of hydrogen-bond acceptors (Lipinski definition) is 3. The minimum atomic E-state index is -3.33. The molecule has 1 aromatic rings. The van der Waals surface area contributed by atoms with E-state index in [9.17, 15) is 8.42 Å². The summed E-state index contributed by atoms with van der Waals surface area (Å²) >= 11 is 0. The van der Waals surface area contributed by atoms with Crippen molar-refractivity contribution in [3.05, 3.63) is 24.3 Å². The number of nitrogens with one attached hydrogen (secondary N) is 2. The lowest BCUT2D eigenvalue weighted by molar-refractivity contribution is 0.545. The highest BCUT2D eigenvalue weighted by Crippen LogP contribution is 2.14. The van der Waals surface area contributed by atoms with Gasteiger partial charge in [-0.15, -0.1) is 0 Å². The summed E-state index contributed by atoms with van der Waals surface area (Å²) in [5, 5.41) is 3.30. The number of unbranched alkanes of at least 4 members (excludes halogenated alkanes) is 1. The van der Waals surface area contributed by atoms with E-state index in [1.165, 1.54) is 19.9 Å². The first-order valence-electron chi connectivity index (χ1n) is 6.73. The van der Waals surface area contributed by atoms with Gasteiger partial charge in [0.15, 0.2) is 0 Å². The predicted molar refractivity (Wildman–Crippen MR) is 79.9 cm³/mol. The highest BCUT2D eigenvalue weighted by molar-refractivity contribution is 7.89. The monoisotopic (exact) mass is 284 g/mol. The minimum absolute atomic E-state index is 0.292. The van der Waals surface area contributed by atoms with Gasteiger partial charge in [0.1, 0.15) is 0 Å². The molecule has 0 aliphatic rings. The molecule has 0 aliphatic heterocycles. The topological polar surface area (TPSA) is 58.2 Å². The van der Waals surface area contributed by atoms with E-state index in [1.807, 2.05) is 0 Å². The van der Waals surface area contributed by atoms with E-state index in [0.717, 1.165) is 24.6 Å². The molecule has 108 valence electrons. The molecule has 2 N–H and O–H groups in total. The van der Waals surface area contributed by atoms with Crippen molar-refractivity contribution in [3.8, 4) is 0 Å². The Morgan fingerprint density at radius 2 is 1.74 bits per heavy atom. The van der Waals surface area contributed by atoms with Gasteiger partial charge >= 0.3 is 0 Å². The molecule has 0 aromatic heterocycles. The van der Waals surface area contributed by atoms with Gasteiger partial charge in [-0.25, -0.2) is 13.1 Å². The fraction of sp³-hybridized carbons (Fsp3) is 0.571. The summed E-state index contributed by atoms with van der Waals surface area (Å²) in [7, 11) is -1.92. The van der Waals surface area contributed by atoms with Gasteiger partial charge in [0.25, 0.3) is 0 Å². The van der Waals surface area contributed by atoms with Crippen molar-refractivity contribution in [2.45, 2.75) is 38.0 Å². The summed E-state index contributed by atoms with van der Waals surface area (Å²) in [6.45, 7) is 5.38. The summed E-state index contributed by atoms with van der Waals surface area (Å²) < 4.78 is 25.4. The molecule has 0 saturated heterocycles. The van der Waals surface area contributed by atoms with E-state index < -0.39 is 10.0 Å². The third-order valence-corrected chi connectivity index (χ3v) is 4.40. The summed E-state index contributed by atoms with van der Waals surface area (Å²) in [4.78, 5) is 0.292.